The molecule has 0 aliphatic heterocycles. The van der Waals surface area contributed by atoms with Crippen molar-refractivity contribution in [2.75, 3.05) is 6.61 Å². The van der Waals surface area contributed by atoms with Crippen LogP contribution in [0.15, 0.2) is 18.2 Å². The number of hydrogen-bond donors (Lipinski definition) is 1. The minimum Gasteiger partial charge on any atom is -0.506 e. The lowest BCUT2D eigenvalue weighted by molar-refractivity contribution is -0.150. The number of ether oxygens (including phenoxy) is 1. The first-order valence-electron chi connectivity index (χ1n) is 5.51. The fraction of sp³-hybridized carbons (Fsp3) is 0.385. The van der Waals surface area contributed by atoms with E-state index in [0.717, 1.165) is 0 Å². The van der Waals surface area contributed by atoms with E-state index in [0.29, 0.717) is 0 Å². The van der Waals surface area contributed by atoms with Crippen LogP contribution in [-0.4, -0.2) is 23.5 Å². The maximum atomic E-state index is 12.3. The molecule has 0 aliphatic carbocycles. The molecule has 18 heavy (non-hydrogen) atoms. The summed E-state index contributed by atoms with van der Waals surface area (Å²) in [4.78, 5) is 24.0. The summed E-state index contributed by atoms with van der Waals surface area (Å²) in [5.74, 6) is -1.29. The van der Waals surface area contributed by atoms with Gasteiger partial charge < -0.3 is 9.84 Å². The van der Waals surface area contributed by atoms with Gasteiger partial charge in [-0.25, -0.2) is 0 Å². The number of ketones is 1. The van der Waals surface area contributed by atoms with E-state index >= 15 is 0 Å². The predicted octanol–water partition coefficient (Wildman–Crippen LogP) is 2.82. The fourth-order valence-electron chi connectivity index (χ4n) is 1.44. The van der Waals surface area contributed by atoms with Crippen molar-refractivity contribution in [1.29, 1.82) is 0 Å². The van der Waals surface area contributed by atoms with E-state index in [2.05, 4.69) is 0 Å². The Balaban J connectivity index is 3.14. The maximum Gasteiger partial charge on any atom is 0.319 e. The van der Waals surface area contributed by atoms with Crippen LogP contribution in [0.25, 0.3) is 0 Å². The average Bonchev–Trinajstić information content (AvgIpc) is 2.32. The summed E-state index contributed by atoms with van der Waals surface area (Å²) in [7, 11) is 0. The minimum absolute atomic E-state index is 0.0557. The molecule has 5 heteroatoms. The minimum atomic E-state index is -1.34. The monoisotopic (exact) mass is 270 g/mol. The number of phenolic OH excluding ortho intramolecular Hbond substituents is 1. The summed E-state index contributed by atoms with van der Waals surface area (Å²) in [5, 5.41) is 9.40. The Kier molecular flexibility index (Phi) is 4.35. The van der Waals surface area contributed by atoms with Gasteiger partial charge in [0.25, 0.3) is 0 Å². The second-order valence-electron chi connectivity index (χ2n) is 4.31. The molecule has 0 amide bonds. The molecule has 4 nitrogen and oxygen atoms in total. The van der Waals surface area contributed by atoms with Crippen molar-refractivity contribution in [3.05, 3.63) is 28.8 Å². The van der Waals surface area contributed by atoms with E-state index in [-0.39, 0.29) is 22.9 Å². The molecule has 0 saturated carbocycles. The van der Waals surface area contributed by atoms with Gasteiger partial charge in [0.05, 0.1) is 11.6 Å². The third-order valence-electron chi connectivity index (χ3n) is 2.58. The molecule has 1 rings (SSSR count). The Morgan fingerprint density at radius 1 is 1.39 bits per heavy atom. The van der Waals surface area contributed by atoms with Crippen LogP contribution in [0.2, 0.25) is 5.02 Å². The summed E-state index contributed by atoms with van der Waals surface area (Å²) in [6.07, 6.45) is 0. The Labute approximate surface area is 111 Å². The Bertz CT molecular complexity index is 480. The van der Waals surface area contributed by atoms with Crippen molar-refractivity contribution in [2.24, 2.45) is 5.41 Å². The molecule has 98 valence electrons. The average molecular weight is 271 g/mol. The van der Waals surface area contributed by atoms with E-state index < -0.39 is 17.2 Å². The molecule has 0 unspecified atom stereocenters. The second-order valence-corrected chi connectivity index (χ2v) is 4.69. The Hall–Kier alpha value is -1.55. The van der Waals surface area contributed by atoms with Gasteiger partial charge in [0.1, 0.15) is 11.2 Å². The van der Waals surface area contributed by atoms with Crippen LogP contribution in [0, 0.1) is 5.41 Å². The first-order valence-corrected chi connectivity index (χ1v) is 5.89. The summed E-state index contributed by atoms with van der Waals surface area (Å²) in [5.41, 5.74) is -1.23. The van der Waals surface area contributed by atoms with Gasteiger partial charge in [0.15, 0.2) is 5.78 Å². The summed E-state index contributed by atoms with van der Waals surface area (Å²) in [6, 6.07) is 4.33. The zero-order valence-corrected chi connectivity index (χ0v) is 11.2. The third kappa shape index (κ3) is 2.64. The van der Waals surface area contributed by atoms with Crippen LogP contribution in [0.1, 0.15) is 31.1 Å². The van der Waals surface area contributed by atoms with Crippen LogP contribution in [0.5, 0.6) is 5.75 Å². The van der Waals surface area contributed by atoms with Gasteiger partial charge in [-0.15, -0.1) is 0 Å². The van der Waals surface area contributed by atoms with E-state index in [1.165, 1.54) is 32.0 Å². The van der Waals surface area contributed by atoms with Crippen molar-refractivity contribution < 1.29 is 19.4 Å². The van der Waals surface area contributed by atoms with Gasteiger partial charge in [0, 0.05) is 5.56 Å². The number of hydrogen-bond acceptors (Lipinski definition) is 4. The molecular formula is C13H15ClO4. The molecule has 0 spiro atoms. The van der Waals surface area contributed by atoms with E-state index in [9.17, 15) is 14.7 Å². The molecule has 1 aromatic rings. The molecule has 1 N–H and O–H groups in total. The number of benzene rings is 1. The zero-order chi connectivity index (χ0) is 13.9. The van der Waals surface area contributed by atoms with Gasteiger partial charge in [0.2, 0.25) is 0 Å². The summed E-state index contributed by atoms with van der Waals surface area (Å²) >= 11 is 5.85. The first-order chi connectivity index (χ1) is 8.32. The van der Waals surface area contributed by atoms with Crippen molar-refractivity contribution in [2.45, 2.75) is 20.8 Å². The van der Waals surface area contributed by atoms with Crippen LogP contribution < -0.4 is 0 Å². The molecular weight excluding hydrogens is 256 g/mol. The van der Waals surface area contributed by atoms with Crippen molar-refractivity contribution in [1.82, 2.24) is 0 Å². The fourth-order valence-corrected chi connectivity index (χ4v) is 1.65. The van der Waals surface area contributed by atoms with Crippen molar-refractivity contribution in [3.8, 4) is 5.75 Å². The third-order valence-corrected chi connectivity index (χ3v) is 2.97. The largest absolute Gasteiger partial charge is 0.506 e. The molecule has 1 aromatic carbocycles. The van der Waals surface area contributed by atoms with Crippen molar-refractivity contribution >= 4 is 23.4 Å². The Morgan fingerprint density at radius 2 is 2.00 bits per heavy atom. The van der Waals surface area contributed by atoms with Crippen LogP contribution in [0.4, 0.5) is 0 Å². The number of halogens is 1. The quantitative estimate of drug-likeness (QED) is 0.519. The number of rotatable bonds is 4. The van der Waals surface area contributed by atoms with Gasteiger partial charge in [-0.3, -0.25) is 9.59 Å². The highest BCUT2D eigenvalue weighted by atomic mass is 35.5. The highest BCUT2D eigenvalue weighted by Gasteiger charge is 2.39. The number of esters is 1. The highest BCUT2D eigenvalue weighted by Crippen LogP contribution is 2.32. The van der Waals surface area contributed by atoms with Gasteiger partial charge in [-0.05, 0) is 32.9 Å². The van der Waals surface area contributed by atoms with Gasteiger partial charge in [-0.2, -0.15) is 0 Å². The molecule has 0 atom stereocenters. The Morgan fingerprint density at radius 3 is 2.56 bits per heavy atom. The van der Waals surface area contributed by atoms with Crippen molar-refractivity contribution in [3.63, 3.8) is 0 Å². The van der Waals surface area contributed by atoms with Gasteiger partial charge in [-0.1, -0.05) is 17.7 Å². The standard InChI is InChI=1S/C13H15ClO4/c1-4-18-12(17)13(2,3)11(16)8-6-5-7-9(15)10(8)14/h5-7,15H,4H2,1-3H3. The lowest BCUT2D eigenvalue weighted by Crippen LogP contribution is -2.35. The smallest absolute Gasteiger partial charge is 0.319 e. The molecule has 0 aromatic heterocycles. The number of carbonyl (C=O) groups is 2. The van der Waals surface area contributed by atoms with Crippen LogP contribution in [-0.2, 0) is 9.53 Å². The van der Waals surface area contributed by atoms with Crippen LogP contribution in [0.3, 0.4) is 0 Å². The molecule has 0 fully saturated rings. The topological polar surface area (TPSA) is 63.6 Å². The maximum absolute atomic E-state index is 12.3. The zero-order valence-electron chi connectivity index (χ0n) is 10.5. The summed E-state index contributed by atoms with van der Waals surface area (Å²) < 4.78 is 4.85. The predicted molar refractivity (Wildman–Crippen MR) is 67.9 cm³/mol. The number of carbonyl (C=O) groups excluding carboxylic acids is 2. The van der Waals surface area contributed by atoms with E-state index in [1.54, 1.807) is 6.92 Å². The molecule has 0 bridgehead atoms. The molecule has 0 saturated heterocycles. The second kappa shape index (κ2) is 5.40. The summed E-state index contributed by atoms with van der Waals surface area (Å²) in [6.45, 7) is 4.80. The number of aromatic hydroxyl groups is 1. The highest BCUT2D eigenvalue weighted by molar-refractivity contribution is 6.36. The lowest BCUT2D eigenvalue weighted by atomic mass is 9.84. The van der Waals surface area contributed by atoms with Gasteiger partial charge >= 0.3 is 5.97 Å². The number of phenols is 1. The van der Waals surface area contributed by atoms with E-state index in [4.69, 9.17) is 16.3 Å². The van der Waals surface area contributed by atoms with E-state index in [1.807, 2.05) is 0 Å². The molecule has 0 heterocycles. The SMILES string of the molecule is CCOC(=O)C(C)(C)C(=O)c1cccc(O)c1Cl. The first kappa shape index (κ1) is 14.5. The lowest BCUT2D eigenvalue weighted by Gasteiger charge is -2.21. The number of Topliss-reactive ketones (excluding diaryl/α,β-unsaturated/α-hetero) is 1. The molecule has 0 radical (unpaired) electrons. The molecule has 0 aliphatic rings. The van der Waals surface area contributed by atoms with Crippen LogP contribution >= 0.6 is 11.6 Å². The normalized spacial score (nSPS) is 11.1.